The van der Waals surface area contributed by atoms with Gasteiger partial charge >= 0.3 is 5.97 Å². The van der Waals surface area contributed by atoms with Crippen molar-refractivity contribution in [3.63, 3.8) is 0 Å². The fourth-order valence-corrected chi connectivity index (χ4v) is 3.06. The van der Waals surface area contributed by atoms with E-state index >= 15 is 0 Å². The van der Waals surface area contributed by atoms with Gasteiger partial charge < -0.3 is 19.5 Å². The van der Waals surface area contributed by atoms with Crippen LogP contribution in [0.15, 0.2) is 17.1 Å². The molecule has 0 spiro atoms. The molecule has 23 heavy (non-hydrogen) atoms. The molecule has 124 valence electrons. The maximum Gasteiger partial charge on any atom is 0.316 e. The molecule has 0 saturated carbocycles. The number of esters is 1. The van der Waals surface area contributed by atoms with Crippen LogP contribution in [0.2, 0.25) is 5.02 Å². The minimum absolute atomic E-state index is 0.290. The third-order valence-electron chi connectivity index (χ3n) is 3.63. The molecule has 0 radical (unpaired) electrons. The van der Waals surface area contributed by atoms with Crippen molar-refractivity contribution in [2.75, 3.05) is 21.3 Å². The van der Waals surface area contributed by atoms with E-state index in [2.05, 4.69) is 10.3 Å². The number of benzene rings is 1. The fourth-order valence-electron chi connectivity index (χ4n) is 2.52. The molecular formula is C15H17ClN2O4S. The summed E-state index contributed by atoms with van der Waals surface area (Å²) in [6.45, 7) is 1.73. The molecular weight excluding hydrogens is 340 g/mol. The molecule has 6 nitrogen and oxygen atoms in total. The Morgan fingerprint density at radius 3 is 2.43 bits per heavy atom. The molecule has 2 rings (SSSR count). The summed E-state index contributed by atoms with van der Waals surface area (Å²) in [5.41, 5.74) is 1.22. The van der Waals surface area contributed by atoms with Gasteiger partial charge in [0.15, 0.2) is 16.6 Å². The topological polar surface area (TPSA) is 69.2 Å². The molecule has 1 aliphatic heterocycles. The van der Waals surface area contributed by atoms with Crippen LogP contribution in [0.4, 0.5) is 0 Å². The quantitative estimate of drug-likeness (QED) is 0.660. The van der Waals surface area contributed by atoms with E-state index in [9.17, 15) is 4.79 Å². The molecule has 8 heteroatoms. The van der Waals surface area contributed by atoms with Gasteiger partial charge in [-0.1, -0.05) is 11.6 Å². The first-order chi connectivity index (χ1) is 10.9. The number of ether oxygens (including phenoxy) is 3. The second-order valence-corrected chi connectivity index (χ2v) is 5.70. The van der Waals surface area contributed by atoms with Crippen molar-refractivity contribution in [2.45, 2.75) is 13.0 Å². The highest BCUT2D eigenvalue weighted by molar-refractivity contribution is 7.80. The number of aliphatic imine (C=N–C) groups is 1. The van der Waals surface area contributed by atoms with Crippen LogP contribution in [-0.4, -0.2) is 38.1 Å². The lowest BCUT2D eigenvalue weighted by Crippen LogP contribution is -2.44. The van der Waals surface area contributed by atoms with Crippen LogP contribution < -0.4 is 14.8 Å². The van der Waals surface area contributed by atoms with Crippen molar-refractivity contribution in [1.29, 1.82) is 0 Å². The molecule has 1 aliphatic rings. The molecule has 2 atom stereocenters. The highest BCUT2D eigenvalue weighted by atomic mass is 35.5. The van der Waals surface area contributed by atoms with Crippen LogP contribution in [0.3, 0.4) is 0 Å². The first-order valence-electron chi connectivity index (χ1n) is 6.77. The van der Waals surface area contributed by atoms with E-state index in [0.717, 1.165) is 0 Å². The summed E-state index contributed by atoms with van der Waals surface area (Å²) in [4.78, 5) is 16.3. The van der Waals surface area contributed by atoms with Gasteiger partial charge in [-0.25, -0.2) is 4.99 Å². The van der Waals surface area contributed by atoms with Gasteiger partial charge in [0, 0.05) is 16.8 Å². The molecule has 1 aromatic carbocycles. The Hall–Kier alpha value is -1.86. The highest BCUT2D eigenvalue weighted by Crippen LogP contribution is 2.39. The van der Waals surface area contributed by atoms with Gasteiger partial charge in [-0.05, 0) is 30.8 Å². The number of rotatable bonds is 4. The summed E-state index contributed by atoms with van der Waals surface area (Å²) in [6, 6.07) is 2.85. The summed E-state index contributed by atoms with van der Waals surface area (Å²) in [6.07, 6.45) is 0. The van der Waals surface area contributed by atoms with Crippen molar-refractivity contribution >= 4 is 40.6 Å². The third-order valence-corrected chi connectivity index (χ3v) is 4.17. The van der Waals surface area contributed by atoms with Crippen LogP contribution in [0.1, 0.15) is 18.5 Å². The van der Waals surface area contributed by atoms with Crippen LogP contribution in [-0.2, 0) is 9.53 Å². The molecule has 0 amide bonds. The Morgan fingerprint density at radius 1 is 1.26 bits per heavy atom. The van der Waals surface area contributed by atoms with E-state index in [1.165, 1.54) is 21.3 Å². The number of methoxy groups -OCH3 is 3. The number of nitrogens with zero attached hydrogens (tertiary/aromatic N) is 1. The zero-order chi connectivity index (χ0) is 17.1. The van der Waals surface area contributed by atoms with Crippen molar-refractivity contribution in [1.82, 2.24) is 5.32 Å². The van der Waals surface area contributed by atoms with Crippen molar-refractivity contribution in [3.05, 3.63) is 22.7 Å². The molecule has 0 aliphatic carbocycles. The SMILES string of the molecule is COC(=O)C1C(C)=NC(=S)NC1c1cc(OC)c(OC)cc1Cl. The molecule has 0 saturated heterocycles. The number of nitrogens with one attached hydrogen (secondary N) is 1. The maximum absolute atomic E-state index is 12.2. The maximum atomic E-state index is 12.2. The minimum atomic E-state index is -0.637. The lowest BCUT2D eigenvalue weighted by Gasteiger charge is -2.31. The molecule has 0 fully saturated rings. The number of halogens is 1. The number of carbonyl (C=O) groups is 1. The third kappa shape index (κ3) is 3.40. The van der Waals surface area contributed by atoms with Crippen LogP contribution >= 0.6 is 23.8 Å². The Kier molecular flexibility index (Phi) is 5.43. The van der Waals surface area contributed by atoms with Gasteiger partial charge in [-0.3, -0.25) is 4.79 Å². The zero-order valence-corrected chi connectivity index (χ0v) is 14.7. The predicted octanol–water partition coefficient (Wildman–Crippen LogP) is 2.54. The molecule has 1 N–H and O–H groups in total. The predicted molar refractivity (Wildman–Crippen MR) is 91.6 cm³/mol. The number of carbonyl (C=O) groups excluding carboxylic acids is 1. The minimum Gasteiger partial charge on any atom is -0.493 e. The van der Waals surface area contributed by atoms with Crippen LogP contribution in [0.25, 0.3) is 0 Å². The zero-order valence-electron chi connectivity index (χ0n) is 13.2. The van der Waals surface area contributed by atoms with Gasteiger partial charge in [0.05, 0.1) is 27.4 Å². The Balaban J connectivity index is 2.56. The largest absolute Gasteiger partial charge is 0.493 e. The fraction of sp³-hybridized carbons (Fsp3) is 0.400. The molecule has 2 unspecified atom stereocenters. The lowest BCUT2D eigenvalue weighted by atomic mass is 9.88. The van der Waals surface area contributed by atoms with Crippen molar-refractivity contribution < 1.29 is 19.0 Å². The Morgan fingerprint density at radius 2 is 1.87 bits per heavy atom. The van der Waals surface area contributed by atoms with Crippen molar-refractivity contribution in [3.8, 4) is 11.5 Å². The molecule has 1 heterocycles. The first kappa shape index (κ1) is 17.5. The lowest BCUT2D eigenvalue weighted by molar-refractivity contribution is -0.143. The van der Waals surface area contributed by atoms with Gasteiger partial charge in [-0.2, -0.15) is 0 Å². The summed E-state index contributed by atoms with van der Waals surface area (Å²) in [5.74, 6) is -0.0533. The van der Waals surface area contributed by atoms with Gasteiger partial charge in [0.1, 0.15) is 5.92 Å². The van der Waals surface area contributed by atoms with E-state index in [0.29, 0.717) is 32.9 Å². The average molecular weight is 357 g/mol. The first-order valence-corrected chi connectivity index (χ1v) is 7.56. The number of thiocarbonyl (C=S) groups is 1. The number of hydrogen-bond donors (Lipinski definition) is 1. The van der Waals surface area contributed by atoms with E-state index in [1.54, 1.807) is 19.1 Å². The van der Waals surface area contributed by atoms with E-state index in [-0.39, 0.29) is 0 Å². The summed E-state index contributed by atoms with van der Waals surface area (Å²) in [7, 11) is 4.38. The molecule has 0 bridgehead atoms. The summed E-state index contributed by atoms with van der Waals surface area (Å²) < 4.78 is 15.4. The van der Waals surface area contributed by atoms with Gasteiger partial charge in [-0.15, -0.1) is 0 Å². The van der Waals surface area contributed by atoms with Crippen molar-refractivity contribution in [2.24, 2.45) is 10.9 Å². The Bertz CT molecular complexity index is 678. The summed E-state index contributed by atoms with van der Waals surface area (Å²) in [5, 5.41) is 3.73. The second kappa shape index (κ2) is 7.14. The van der Waals surface area contributed by atoms with E-state index < -0.39 is 17.9 Å². The smallest absolute Gasteiger partial charge is 0.316 e. The Labute approximate surface area is 144 Å². The normalized spacial score (nSPS) is 20.4. The van der Waals surface area contributed by atoms with Crippen LogP contribution in [0.5, 0.6) is 11.5 Å². The average Bonchev–Trinajstić information content (AvgIpc) is 2.53. The van der Waals surface area contributed by atoms with Gasteiger partial charge in [0.2, 0.25) is 0 Å². The van der Waals surface area contributed by atoms with Gasteiger partial charge in [0.25, 0.3) is 0 Å². The molecule has 0 aromatic heterocycles. The van der Waals surface area contributed by atoms with E-state index in [1.807, 2.05) is 0 Å². The van der Waals surface area contributed by atoms with Crippen LogP contribution in [0, 0.1) is 5.92 Å². The molecule has 1 aromatic rings. The van der Waals surface area contributed by atoms with E-state index in [4.69, 9.17) is 38.0 Å². The number of hydrogen-bond acceptors (Lipinski definition) is 5. The highest BCUT2D eigenvalue weighted by Gasteiger charge is 2.38. The monoisotopic (exact) mass is 356 g/mol. The standard InChI is InChI=1S/C15H17ClN2O4S/c1-7-12(14(19)22-4)13(18-15(23)17-7)8-5-10(20-2)11(21-3)6-9(8)16/h5-6,12-13H,1-4H3,(H,18,23). The second-order valence-electron chi connectivity index (χ2n) is 4.91. The summed E-state index contributed by atoms with van der Waals surface area (Å²) >= 11 is 11.5.